The first-order chi connectivity index (χ1) is 4.66. The van der Waals surface area contributed by atoms with Crippen molar-refractivity contribution in [2.45, 2.75) is 0 Å². The number of carbonyl (C=O) groups is 2. The van der Waals surface area contributed by atoms with Gasteiger partial charge in [-0.25, -0.2) is 9.59 Å². The van der Waals surface area contributed by atoms with Gasteiger partial charge in [0.05, 0.1) is 0 Å². The van der Waals surface area contributed by atoms with Crippen LogP contribution in [0.15, 0.2) is 17.6 Å². The van der Waals surface area contributed by atoms with E-state index in [1.165, 1.54) is 0 Å². The average Bonchev–Trinajstić information content (AvgIpc) is 1.87. The van der Waals surface area contributed by atoms with Crippen LogP contribution < -0.4 is 0 Å². The van der Waals surface area contributed by atoms with Crippen molar-refractivity contribution in [3.05, 3.63) is 12.7 Å². The first-order valence-electron chi connectivity index (χ1n) is 2.25. The Balaban J connectivity index is 3.63. The maximum Gasteiger partial charge on any atom is 0.433 e. The summed E-state index contributed by atoms with van der Waals surface area (Å²) in [6.45, 7) is 3.07. The Morgan fingerprint density at radius 3 is 2.60 bits per heavy atom. The first-order valence-corrected chi connectivity index (χ1v) is 2.25. The quantitative estimate of drug-likeness (QED) is 0.263. The molecule has 0 aliphatic rings. The summed E-state index contributed by atoms with van der Waals surface area (Å²) >= 11 is 0. The van der Waals surface area contributed by atoms with E-state index in [1.807, 2.05) is 0 Å². The fourth-order valence-electron chi connectivity index (χ4n) is 0.171. The maximum atomic E-state index is 10.2. The molecule has 0 atom stereocenters. The van der Waals surface area contributed by atoms with Gasteiger partial charge in [-0.2, -0.15) is 0 Å². The Bertz CT molecular complexity index is 184. The summed E-state index contributed by atoms with van der Waals surface area (Å²) in [5, 5.41) is 7.88. The summed E-state index contributed by atoms with van der Waals surface area (Å²) in [5.41, 5.74) is 0. The van der Waals surface area contributed by atoms with E-state index < -0.39 is 12.1 Å². The highest BCUT2D eigenvalue weighted by Gasteiger charge is 1.91. The molecule has 5 heteroatoms. The molecule has 0 rings (SSSR count). The number of hydrogen-bond acceptors (Lipinski definition) is 3. The zero-order chi connectivity index (χ0) is 7.98. The second-order valence-electron chi connectivity index (χ2n) is 1.16. The van der Waals surface area contributed by atoms with Crippen LogP contribution in [-0.4, -0.2) is 23.6 Å². The standard InChI is InChI=1S/C5H5NO4/c1-2-4(7)10-3-6-5(8)9/h2-3H,1H2,(H,8,9). The molecule has 0 aliphatic heterocycles. The highest BCUT2D eigenvalue weighted by Crippen LogP contribution is 1.75. The monoisotopic (exact) mass is 143 g/mol. The minimum absolute atomic E-state index is 0.534. The van der Waals surface area contributed by atoms with Crippen LogP contribution in [-0.2, 0) is 9.53 Å². The molecule has 0 unspecified atom stereocenters. The summed E-state index contributed by atoms with van der Waals surface area (Å²) < 4.78 is 4.07. The third-order valence-corrected chi connectivity index (χ3v) is 0.499. The molecule has 0 saturated carbocycles. The van der Waals surface area contributed by atoms with Gasteiger partial charge in [-0.15, -0.1) is 4.99 Å². The van der Waals surface area contributed by atoms with Crippen LogP contribution in [0.4, 0.5) is 4.79 Å². The van der Waals surface area contributed by atoms with Crippen LogP contribution in [0, 0.1) is 0 Å². The average molecular weight is 143 g/mol. The third-order valence-electron chi connectivity index (χ3n) is 0.499. The molecule has 0 bridgehead atoms. The highest BCUT2D eigenvalue weighted by molar-refractivity contribution is 5.88. The number of rotatable bonds is 2. The molecule has 10 heavy (non-hydrogen) atoms. The van der Waals surface area contributed by atoms with Gasteiger partial charge in [0.2, 0.25) is 0 Å². The minimum Gasteiger partial charge on any atom is -0.463 e. The number of carboxylic acid groups (broad SMARTS) is 1. The predicted octanol–water partition coefficient (Wildman–Crippen LogP) is 0.422. The summed E-state index contributed by atoms with van der Waals surface area (Å²) in [7, 11) is 0. The third kappa shape index (κ3) is 4.51. The van der Waals surface area contributed by atoms with Crippen molar-refractivity contribution < 1.29 is 19.4 Å². The highest BCUT2D eigenvalue weighted by atomic mass is 16.5. The van der Waals surface area contributed by atoms with Crippen LogP contribution in [0.3, 0.4) is 0 Å². The van der Waals surface area contributed by atoms with E-state index in [4.69, 9.17) is 5.11 Å². The Morgan fingerprint density at radius 2 is 2.20 bits per heavy atom. The first kappa shape index (κ1) is 8.35. The van der Waals surface area contributed by atoms with Crippen molar-refractivity contribution in [3.8, 4) is 0 Å². The SMILES string of the molecule is C=CC(=O)OC=NC(=O)O. The number of hydrogen-bond donors (Lipinski definition) is 1. The molecular weight excluding hydrogens is 138 g/mol. The van der Waals surface area contributed by atoms with Crippen molar-refractivity contribution in [2.24, 2.45) is 4.99 Å². The molecule has 5 nitrogen and oxygen atoms in total. The fourth-order valence-corrected chi connectivity index (χ4v) is 0.171. The Labute approximate surface area is 56.6 Å². The fraction of sp³-hybridized carbons (Fsp3) is 0. The number of nitrogens with zero attached hydrogens (tertiary/aromatic N) is 1. The molecule has 0 aromatic heterocycles. The minimum atomic E-state index is -1.42. The molecule has 0 aromatic carbocycles. The van der Waals surface area contributed by atoms with Gasteiger partial charge in [0.25, 0.3) is 0 Å². The molecule has 1 amide bonds. The van der Waals surface area contributed by atoms with Gasteiger partial charge >= 0.3 is 12.1 Å². The van der Waals surface area contributed by atoms with Crippen molar-refractivity contribution in [1.29, 1.82) is 0 Å². The van der Waals surface area contributed by atoms with E-state index in [9.17, 15) is 9.59 Å². The number of amides is 1. The molecule has 0 spiro atoms. The van der Waals surface area contributed by atoms with Gasteiger partial charge in [-0.1, -0.05) is 6.58 Å². The van der Waals surface area contributed by atoms with E-state index in [0.29, 0.717) is 6.40 Å². The predicted molar refractivity (Wildman–Crippen MR) is 32.8 cm³/mol. The number of carbonyl (C=O) groups excluding carboxylic acids is 1. The summed E-state index contributed by atoms with van der Waals surface area (Å²) in [4.78, 5) is 22.5. The lowest BCUT2D eigenvalue weighted by Gasteiger charge is -1.86. The molecule has 0 aliphatic carbocycles. The molecule has 0 heterocycles. The molecule has 0 aromatic rings. The van der Waals surface area contributed by atoms with Gasteiger partial charge in [0.15, 0.2) is 6.40 Å². The lowest BCUT2D eigenvalue weighted by molar-refractivity contribution is -0.129. The number of ether oxygens (including phenoxy) is 1. The lowest BCUT2D eigenvalue weighted by atomic mass is 10.7. The van der Waals surface area contributed by atoms with Gasteiger partial charge in [-0.3, -0.25) is 0 Å². The Morgan fingerprint density at radius 1 is 1.60 bits per heavy atom. The van der Waals surface area contributed by atoms with Gasteiger partial charge in [0.1, 0.15) is 0 Å². The second-order valence-corrected chi connectivity index (χ2v) is 1.16. The van der Waals surface area contributed by atoms with E-state index in [1.54, 1.807) is 0 Å². The maximum absolute atomic E-state index is 10.2. The zero-order valence-electron chi connectivity index (χ0n) is 4.98. The van der Waals surface area contributed by atoms with E-state index in [2.05, 4.69) is 16.3 Å². The summed E-state index contributed by atoms with van der Waals surface area (Å²) in [6.07, 6.45) is 0.0112. The molecule has 0 radical (unpaired) electrons. The van der Waals surface area contributed by atoms with Crippen LogP contribution >= 0.6 is 0 Å². The van der Waals surface area contributed by atoms with Crippen LogP contribution in [0.25, 0.3) is 0 Å². The normalized spacial score (nSPS) is 9.20. The van der Waals surface area contributed by atoms with Crippen LogP contribution in [0.2, 0.25) is 0 Å². The summed E-state index contributed by atoms with van der Waals surface area (Å²) in [6, 6.07) is 0. The topological polar surface area (TPSA) is 76.0 Å². The van der Waals surface area contributed by atoms with Gasteiger partial charge < -0.3 is 9.84 Å². The van der Waals surface area contributed by atoms with Gasteiger partial charge in [-0.05, 0) is 0 Å². The van der Waals surface area contributed by atoms with E-state index in [0.717, 1.165) is 6.08 Å². The van der Waals surface area contributed by atoms with Gasteiger partial charge in [0, 0.05) is 6.08 Å². The molecule has 1 N–H and O–H groups in total. The second kappa shape index (κ2) is 4.25. The van der Waals surface area contributed by atoms with E-state index in [-0.39, 0.29) is 0 Å². The molecule has 54 valence electrons. The summed E-state index contributed by atoms with van der Waals surface area (Å²) in [5.74, 6) is -0.745. The largest absolute Gasteiger partial charge is 0.463 e. The smallest absolute Gasteiger partial charge is 0.433 e. The Hall–Kier alpha value is -1.65. The van der Waals surface area contributed by atoms with Crippen molar-refractivity contribution in [2.75, 3.05) is 0 Å². The molecule has 0 saturated heterocycles. The van der Waals surface area contributed by atoms with Crippen molar-refractivity contribution >= 4 is 18.5 Å². The molecule has 0 fully saturated rings. The van der Waals surface area contributed by atoms with Crippen molar-refractivity contribution in [1.82, 2.24) is 0 Å². The Kier molecular flexibility index (Phi) is 3.55. The van der Waals surface area contributed by atoms with Crippen molar-refractivity contribution in [3.63, 3.8) is 0 Å². The number of esters is 1. The number of aliphatic imine (C=N–C) groups is 1. The molecular formula is C5H5NO4. The lowest BCUT2D eigenvalue weighted by Crippen LogP contribution is -1.98. The zero-order valence-corrected chi connectivity index (χ0v) is 4.98. The van der Waals surface area contributed by atoms with Crippen LogP contribution in [0.1, 0.15) is 0 Å². The van der Waals surface area contributed by atoms with E-state index >= 15 is 0 Å². The van der Waals surface area contributed by atoms with Crippen LogP contribution in [0.5, 0.6) is 0 Å².